The van der Waals surface area contributed by atoms with Crippen LogP contribution < -0.4 is 0 Å². The molecule has 134 valence electrons. The summed E-state index contributed by atoms with van der Waals surface area (Å²) < 4.78 is 7.33. The summed E-state index contributed by atoms with van der Waals surface area (Å²) in [6.45, 7) is 4.03. The van der Waals surface area contributed by atoms with E-state index in [4.69, 9.17) is 4.74 Å². The zero-order valence-electron chi connectivity index (χ0n) is 14.1. The first kappa shape index (κ1) is 17.5. The fraction of sp³-hybridized carbons (Fsp3) is 0.471. The van der Waals surface area contributed by atoms with Gasteiger partial charge in [-0.2, -0.15) is 5.10 Å². The molecule has 3 rings (SSSR count). The second-order valence-electron chi connectivity index (χ2n) is 6.37. The van der Waals surface area contributed by atoms with Gasteiger partial charge in [0.25, 0.3) is 0 Å². The summed E-state index contributed by atoms with van der Waals surface area (Å²) in [6, 6.07) is 10.2. The highest BCUT2D eigenvalue weighted by atomic mass is 16.6. The van der Waals surface area contributed by atoms with Crippen LogP contribution in [0.5, 0.6) is 0 Å². The minimum Gasteiger partial charge on any atom is -0.390 e. The van der Waals surface area contributed by atoms with E-state index in [1.54, 1.807) is 0 Å². The van der Waals surface area contributed by atoms with Crippen LogP contribution in [0.15, 0.2) is 42.7 Å². The number of ether oxygens (including phenoxy) is 1. The number of nitro groups is 1. The molecular formula is C17H22N4O4. The van der Waals surface area contributed by atoms with Crippen LogP contribution in [-0.2, 0) is 11.3 Å². The molecule has 1 N–H and O–H groups in total. The SMILES string of the molecule is CC1COC(c2ccccc2)CN1CC(O)Cn1cc([N+](=O)[O-])cn1. The van der Waals surface area contributed by atoms with E-state index in [2.05, 4.69) is 16.9 Å². The van der Waals surface area contributed by atoms with Crippen molar-refractivity contribution in [3.8, 4) is 0 Å². The van der Waals surface area contributed by atoms with Gasteiger partial charge in [0.05, 0.1) is 30.3 Å². The summed E-state index contributed by atoms with van der Waals surface area (Å²) in [4.78, 5) is 12.4. The zero-order valence-corrected chi connectivity index (χ0v) is 14.1. The second kappa shape index (κ2) is 7.73. The van der Waals surface area contributed by atoms with Crippen molar-refractivity contribution in [1.82, 2.24) is 14.7 Å². The van der Waals surface area contributed by atoms with Crippen molar-refractivity contribution in [3.63, 3.8) is 0 Å². The van der Waals surface area contributed by atoms with E-state index in [1.807, 2.05) is 30.3 Å². The van der Waals surface area contributed by atoms with E-state index in [-0.39, 0.29) is 24.4 Å². The number of β-amino-alcohol motifs (C(OH)–C–C–N with tert-alkyl or cyclic N) is 1. The largest absolute Gasteiger partial charge is 0.390 e. The molecule has 2 heterocycles. The Kier molecular flexibility index (Phi) is 5.42. The van der Waals surface area contributed by atoms with Crippen molar-refractivity contribution in [2.24, 2.45) is 0 Å². The van der Waals surface area contributed by atoms with Crippen LogP contribution in [0, 0.1) is 10.1 Å². The lowest BCUT2D eigenvalue weighted by Gasteiger charge is -2.39. The number of morpholine rings is 1. The number of hydrogen-bond acceptors (Lipinski definition) is 6. The number of benzene rings is 1. The molecule has 1 fully saturated rings. The molecule has 1 aliphatic heterocycles. The maximum atomic E-state index is 10.7. The van der Waals surface area contributed by atoms with Crippen LogP contribution >= 0.6 is 0 Å². The highest BCUT2D eigenvalue weighted by Crippen LogP contribution is 2.24. The molecule has 0 amide bonds. The van der Waals surface area contributed by atoms with Gasteiger partial charge in [0.2, 0.25) is 0 Å². The highest BCUT2D eigenvalue weighted by Gasteiger charge is 2.28. The molecule has 25 heavy (non-hydrogen) atoms. The Hall–Kier alpha value is -2.29. The minimum absolute atomic E-state index is 0.0182. The normalized spacial score (nSPS) is 22.6. The Labute approximate surface area is 145 Å². The molecule has 8 nitrogen and oxygen atoms in total. The van der Waals surface area contributed by atoms with Gasteiger partial charge in [0, 0.05) is 19.1 Å². The third-order valence-corrected chi connectivity index (χ3v) is 4.41. The number of rotatable bonds is 6. The zero-order chi connectivity index (χ0) is 17.8. The molecule has 0 bridgehead atoms. The summed E-state index contributed by atoms with van der Waals surface area (Å²) in [5, 5.41) is 25.0. The highest BCUT2D eigenvalue weighted by molar-refractivity contribution is 5.20. The topological polar surface area (TPSA) is 93.7 Å². The lowest BCUT2D eigenvalue weighted by Crippen LogP contribution is -2.48. The van der Waals surface area contributed by atoms with Gasteiger partial charge in [-0.25, -0.2) is 0 Å². The van der Waals surface area contributed by atoms with Gasteiger partial charge < -0.3 is 9.84 Å². The number of aliphatic hydroxyl groups excluding tert-OH is 1. The van der Waals surface area contributed by atoms with Crippen LogP contribution in [0.1, 0.15) is 18.6 Å². The summed E-state index contributed by atoms with van der Waals surface area (Å²) in [5.41, 5.74) is 1.05. The smallest absolute Gasteiger partial charge is 0.306 e. The first-order chi connectivity index (χ1) is 12.0. The van der Waals surface area contributed by atoms with E-state index in [0.717, 1.165) is 5.56 Å². The number of nitrogens with zero attached hydrogens (tertiary/aromatic N) is 4. The van der Waals surface area contributed by atoms with Crippen molar-refractivity contribution in [3.05, 3.63) is 58.4 Å². The molecule has 3 atom stereocenters. The molecule has 3 unspecified atom stereocenters. The molecule has 0 saturated carbocycles. The third kappa shape index (κ3) is 4.41. The van der Waals surface area contributed by atoms with Gasteiger partial charge in [0.15, 0.2) is 0 Å². The Morgan fingerprint density at radius 3 is 2.84 bits per heavy atom. The van der Waals surface area contributed by atoms with Gasteiger partial charge >= 0.3 is 5.69 Å². The third-order valence-electron chi connectivity index (χ3n) is 4.41. The van der Waals surface area contributed by atoms with E-state index in [9.17, 15) is 15.2 Å². The van der Waals surface area contributed by atoms with Gasteiger partial charge in [-0.05, 0) is 12.5 Å². The van der Waals surface area contributed by atoms with Crippen LogP contribution in [0.25, 0.3) is 0 Å². The average molecular weight is 346 g/mol. The van der Waals surface area contributed by atoms with Crippen molar-refractivity contribution < 1.29 is 14.8 Å². The average Bonchev–Trinajstić information content (AvgIpc) is 3.06. The van der Waals surface area contributed by atoms with Gasteiger partial charge in [-0.15, -0.1) is 0 Å². The Morgan fingerprint density at radius 2 is 2.16 bits per heavy atom. The van der Waals surface area contributed by atoms with Crippen molar-refractivity contribution >= 4 is 5.69 Å². The summed E-state index contributed by atoms with van der Waals surface area (Å²) >= 11 is 0. The van der Waals surface area contributed by atoms with Crippen molar-refractivity contribution in [2.45, 2.75) is 31.7 Å². The lowest BCUT2D eigenvalue weighted by atomic mass is 10.1. The number of aromatic nitrogens is 2. The van der Waals surface area contributed by atoms with Crippen LogP contribution in [0.3, 0.4) is 0 Å². The first-order valence-electron chi connectivity index (χ1n) is 8.28. The van der Waals surface area contributed by atoms with E-state index in [1.165, 1.54) is 17.1 Å². The minimum atomic E-state index is -0.670. The predicted octanol–water partition coefficient (Wildman–Crippen LogP) is 1.61. The molecule has 0 radical (unpaired) electrons. The summed E-state index contributed by atoms with van der Waals surface area (Å²) in [6.07, 6.45) is 1.83. The lowest BCUT2D eigenvalue weighted by molar-refractivity contribution is -0.385. The Balaban J connectivity index is 1.58. The van der Waals surface area contributed by atoms with Crippen molar-refractivity contribution in [2.75, 3.05) is 19.7 Å². The van der Waals surface area contributed by atoms with Crippen LogP contribution in [-0.4, -0.2) is 56.6 Å². The van der Waals surface area contributed by atoms with Gasteiger partial charge in [0.1, 0.15) is 12.4 Å². The van der Waals surface area contributed by atoms with Crippen LogP contribution in [0.2, 0.25) is 0 Å². The van der Waals surface area contributed by atoms with E-state index in [0.29, 0.717) is 19.7 Å². The summed E-state index contributed by atoms with van der Waals surface area (Å²) in [7, 11) is 0. The maximum Gasteiger partial charge on any atom is 0.306 e. The van der Waals surface area contributed by atoms with E-state index < -0.39 is 11.0 Å². The molecule has 8 heteroatoms. The predicted molar refractivity (Wildman–Crippen MR) is 91.1 cm³/mol. The molecular weight excluding hydrogens is 324 g/mol. The standard InChI is InChI=1S/C17H22N4O4/c1-13-12-25-17(14-5-3-2-4-6-14)11-19(13)9-16(22)10-20-8-15(7-18-20)21(23)24/h2-8,13,16-17,22H,9-12H2,1H3. The number of hydrogen-bond donors (Lipinski definition) is 1. The quantitative estimate of drug-likeness (QED) is 0.631. The fourth-order valence-electron chi connectivity index (χ4n) is 3.02. The fourth-order valence-corrected chi connectivity index (χ4v) is 3.02. The molecule has 1 aliphatic rings. The molecule has 2 aromatic rings. The Bertz CT molecular complexity index is 706. The van der Waals surface area contributed by atoms with Crippen LogP contribution in [0.4, 0.5) is 5.69 Å². The molecule has 1 aromatic heterocycles. The monoisotopic (exact) mass is 346 g/mol. The second-order valence-corrected chi connectivity index (χ2v) is 6.37. The first-order valence-corrected chi connectivity index (χ1v) is 8.28. The molecule has 0 spiro atoms. The molecule has 1 saturated heterocycles. The Morgan fingerprint density at radius 1 is 1.40 bits per heavy atom. The van der Waals surface area contributed by atoms with Gasteiger partial charge in [-0.3, -0.25) is 19.7 Å². The molecule has 0 aliphatic carbocycles. The van der Waals surface area contributed by atoms with Crippen molar-refractivity contribution in [1.29, 1.82) is 0 Å². The number of aliphatic hydroxyl groups is 1. The van der Waals surface area contributed by atoms with Gasteiger partial charge in [-0.1, -0.05) is 30.3 Å². The maximum absolute atomic E-state index is 10.7. The summed E-state index contributed by atoms with van der Waals surface area (Å²) in [5.74, 6) is 0. The van der Waals surface area contributed by atoms with E-state index >= 15 is 0 Å². The molecule has 1 aromatic carbocycles.